The van der Waals surface area contributed by atoms with E-state index in [2.05, 4.69) is 32.8 Å². The number of hydrogen-bond acceptors (Lipinski definition) is 1. The average Bonchev–Trinajstić information content (AvgIpc) is 2.05. The third kappa shape index (κ3) is 2.10. The quantitative estimate of drug-likeness (QED) is 0.623. The minimum Gasteiger partial charge on any atom is -0.317 e. The van der Waals surface area contributed by atoms with E-state index in [1.54, 1.807) is 0 Å². The molecule has 0 aliphatic heterocycles. The lowest BCUT2D eigenvalue weighted by molar-refractivity contribution is 0.248. The van der Waals surface area contributed by atoms with Gasteiger partial charge in [-0.05, 0) is 45.1 Å². The van der Waals surface area contributed by atoms with Crippen LogP contribution in [-0.2, 0) is 0 Å². The Morgan fingerprint density at radius 3 is 2.58 bits per heavy atom. The molecule has 0 aromatic carbocycles. The first kappa shape index (κ1) is 9.79. The molecule has 1 aliphatic rings. The SMILES string of the molecule is C=C(C)C1CCC(C)C(NC)C1. The zero-order valence-electron chi connectivity index (χ0n) is 8.56. The van der Waals surface area contributed by atoms with Crippen molar-refractivity contribution in [3.05, 3.63) is 12.2 Å². The summed E-state index contributed by atoms with van der Waals surface area (Å²) in [7, 11) is 2.07. The van der Waals surface area contributed by atoms with Crippen molar-refractivity contribution in [3.8, 4) is 0 Å². The zero-order chi connectivity index (χ0) is 9.14. The van der Waals surface area contributed by atoms with Crippen molar-refractivity contribution >= 4 is 0 Å². The van der Waals surface area contributed by atoms with E-state index >= 15 is 0 Å². The normalized spacial score (nSPS) is 36.4. The Morgan fingerprint density at radius 2 is 2.08 bits per heavy atom. The smallest absolute Gasteiger partial charge is 0.00953 e. The van der Waals surface area contributed by atoms with E-state index in [0.717, 1.165) is 11.8 Å². The number of rotatable bonds is 2. The predicted molar refractivity (Wildman–Crippen MR) is 54.2 cm³/mol. The van der Waals surface area contributed by atoms with Crippen molar-refractivity contribution in [1.82, 2.24) is 5.32 Å². The molecule has 70 valence electrons. The monoisotopic (exact) mass is 167 g/mol. The maximum absolute atomic E-state index is 4.04. The molecule has 1 saturated carbocycles. The van der Waals surface area contributed by atoms with E-state index in [9.17, 15) is 0 Å². The van der Waals surface area contributed by atoms with Crippen LogP contribution in [0.4, 0.5) is 0 Å². The zero-order valence-corrected chi connectivity index (χ0v) is 8.56. The average molecular weight is 167 g/mol. The van der Waals surface area contributed by atoms with E-state index in [1.807, 2.05) is 0 Å². The van der Waals surface area contributed by atoms with Gasteiger partial charge in [-0.3, -0.25) is 0 Å². The first-order valence-corrected chi connectivity index (χ1v) is 4.97. The van der Waals surface area contributed by atoms with Gasteiger partial charge >= 0.3 is 0 Å². The summed E-state index contributed by atoms with van der Waals surface area (Å²) < 4.78 is 0. The third-order valence-corrected chi connectivity index (χ3v) is 3.26. The minimum absolute atomic E-state index is 0.709. The summed E-state index contributed by atoms with van der Waals surface area (Å²) in [4.78, 5) is 0. The maximum atomic E-state index is 4.04. The lowest BCUT2D eigenvalue weighted by Gasteiger charge is -2.34. The van der Waals surface area contributed by atoms with Crippen LogP contribution < -0.4 is 5.32 Å². The first-order chi connectivity index (χ1) is 5.65. The first-order valence-electron chi connectivity index (χ1n) is 4.97. The highest BCUT2D eigenvalue weighted by molar-refractivity contribution is 5.00. The summed E-state index contributed by atoms with van der Waals surface area (Å²) in [6, 6.07) is 0.709. The highest BCUT2D eigenvalue weighted by atomic mass is 14.9. The van der Waals surface area contributed by atoms with Crippen molar-refractivity contribution < 1.29 is 0 Å². The van der Waals surface area contributed by atoms with Crippen LogP contribution in [0.5, 0.6) is 0 Å². The Morgan fingerprint density at radius 1 is 1.42 bits per heavy atom. The van der Waals surface area contributed by atoms with Gasteiger partial charge in [0.1, 0.15) is 0 Å². The minimum atomic E-state index is 0.709. The number of hydrogen-bond donors (Lipinski definition) is 1. The van der Waals surface area contributed by atoms with Gasteiger partial charge in [0.05, 0.1) is 0 Å². The summed E-state index contributed by atoms with van der Waals surface area (Å²) in [6.07, 6.45) is 3.98. The Labute approximate surface area is 76.2 Å². The summed E-state index contributed by atoms with van der Waals surface area (Å²) >= 11 is 0. The molecule has 1 heteroatoms. The van der Waals surface area contributed by atoms with Crippen molar-refractivity contribution in [3.63, 3.8) is 0 Å². The topological polar surface area (TPSA) is 12.0 Å². The molecule has 12 heavy (non-hydrogen) atoms. The van der Waals surface area contributed by atoms with Crippen molar-refractivity contribution in [2.45, 2.75) is 39.2 Å². The Kier molecular flexibility index (Phi) is 3.33. The van der Waals surface area contributed by atoms with Gasteiger partial charge in [0.15, 0.2) is 0 Å². The van der Waals surface area contributed by atoms with Gasteiger partial charge in [-0.25, -0.2) is 0 Å². The van der Waals surface area contributed by atoms with E-state index in [0.29, 0.717) is 6.04 Å². The van der Waals surface area contributed by atoms with Crippen LogP contribution in [0.1, 0.15) is 33.1 Å². The largest absolute Gasteiger partial charge is 0.317 e. The lowest BCUT2D eigenvalue weighted by atomic mass is 9.77. The molecular formula is C11H21N. The van der Waals surface area contributed by atoms with Crippen LogP contribution in [0, 0.1) is 11.8 Å². The third-order valence-electron chi connectivity index (χ3n) is 3.26. The highest BCUT2D eigenvalue weighted by Crippen LogP contribution is 2.32. The molecule has 1 fully saturated rings. The van der Waals surface area contributed by atoms with Crippen LogP contribution >= 0.6 is 0 Å². The molecule has 3 atom stereocenters. The summed E-state index contributed by atoms with van der Waals surface area (Å²) in [5.41, 5.74) is 1.36. The second kappa shape index (κ2) is 4.08. The molecule has 0 bridgehead atoms. The molecule has 0 heterocycles. The molecule has 1 N–H and O–H groups in total. The maximum Gasteiger partial charge on any atom is 0.00953 e. The molecule has 1 nitrogen and oxygen atoms in total. The van der Waals surface area contributed by atoms with E-state index < -0.39 is 0 Å². The molecule has 0 spiro atoms. The number of nitrogens with one attached hydrogen (secondary N) is 1. The molecule has 0 aromatic rings. The summed E-state index contributed by atoms with van der Waals surface area (Å²) in [5.74, 6) is 1.60. The second-order valence-corrected chi connectivity index (χ2v) is 4.23. The second-order valence-electron chi connectivity index (χ2n) is 4.23. The molecular weight excluding hydrogens is 146 g/mol. The van der Waals surface area contributed by atoms with Crippen LogP contribution in [0.15, 0.2) is 12.2 Å². The highest BCUT2D eigenvalue weighted by Gasteiger charge is 2.26. The van der Waals surface area contributed by atoms with Crippen LogP contribution in [0.3, 0.4) is 0 Å². The Balaban J connectivity index is 2.49. The van der Waals surface area contributed by atoms with Gasteiger partial charge in [-0.15, -0.1) is 0 Å². The van der Waals surface area contributed by atoms with Gasteiger partial charge < -0.3 is 5.32 Å². The van der Waals surface area contributed by atoms with Gasteiger partial charge in [-0.1, -0.05) is 19.1 Å². The van der Waals surface area contributed by atoms with Gasteiger partial charge in [-0.2, -0.15) is 0 Å². The van der Waals surface area contributed by atoms with Gasteiger partial charge in [0.25, 0.3) is 0 Å². The molecule has 0 saturated heterocycles. The lowest BCUT2D eigenvalue weighted by Crippen LogP contribution is -2.37. The fourth-order valence-corrected chi connectivity index (χ4v) is 2.17. The van der Waals surface area contributed by atoms with E-state index in [1.165, 1.54) is 24.8 Å². The van der Waals surface area contributed by atoms with Gasteiger partial charge in [0.2, 0.25) is 0 Å². The van der Waals surface area contributed by atoms with Crippen molar-refractivity contribution in [1.29, 1.82) is 0 Å². The van der Waals surface area contributed by atoms with Crippen LogP contribution in [-0.4, -0.2) is 13.1 Å². The molecule has 1 aliphatic carbocycles. The molecule has 0 amide bonds. The standard InChI is InChI=1S/C11H21N/c1-8(2)10-6-5-9(3)11(7-10)12-4/h9-12H,1,5-7H2,2-4H3. The van der Waals surface area contributed by atoms with Crippen molar-refractivity contribution in [2.75, 3.05) is 7.05 Å². The van der Waals surface area contributed by atoms with Crippen LogP contribution in [0.25, 0.3) is 0 Å². The molecule has 0 radical (unpaired) electrons. The van der Waals surface area contributed by atoms with E-state index in [4.69, 9.17) is 0 Å². The Bertz CT molecular complexity index is 162. The number of allylic oxidation sites excluding steroid dienone is 1. The van der Waals surface area contributed by atoms with Crippen LogP contribution in [0.2, 0.25) is 0 Å². The molecule has 1 rings (SSSR count). The summed E-state index contributed by atoms with van der Waals surface area (Å²) in [6.45, 7) is 8.55. The summed E-state index contributed by atoms with van der Waals surface area (Å²) in [5, 5.41) is 3.40. The van der Waals surface area contributed by atoms with Crippen molar-refractivity contribution in [2.24, 2.45) is 11.8 Å². The molecule has 0 aromatic heterocycles. The fourth-order valence-electron chi connectivity index (χ4n) is 2.17. The predicted octanol–water partition coefficient (Wildman–Crippen LogP) is 2.59. The molecule has 3 unspecified atom stereocenters. The fraction of sp³-hybridized carbons (Fsp3) is 0.818. The Hall–Kier alpha value is -0.300. The van der Waals surface area contributed by atoms with Gasteiger partial charge in [0, 0.05) is 6.04 Å². The van der Waals surface area contributed by atoms with E-state index in [-0.39, 0.29) is 0 Å².